The molecular formula is C19H13NO2. The van der Waals surface area contributed by atoms with Gasteiger partial charge in [-0.25, -0.2) is 0 Å². The number of fused-ring (bicyclic) bond motifs is 2. The molecule has 0 fully saturated rings. The smallest absolute Gasteiger partial charge is 0.273 e. The van der Waals surface area contributed by atoms with Gasteiger partial charge in [0.15, 0.2) is 0 Å². The number of aryl methyl sites for hydroxylation is 1. The minimum atomic E-state index is -0.195. The second-order valence-electron chi connectivity index (χ2n) is 5.47. The van der Waals surface area contributed by atoms with Crippen LogP contribution in [0.15, 0.2) is 60.7 Å². The molecule has 0 saturated carbocycles. The molecule has 0 bridgehead atoms. The van der Waals surface area contributed by atoms with Crippen molar-refractivity contribution in [3.05, 3.63) is 82.6 Å². The van der Waals surface area contributed by atoms with Gasteiger partial charge in [-0.05, 0) is 29.3 Å². The molecule has 1 aliphatic rings. The fraction of sp³-hybridized carbons (Fsp3) is 0.0526. The van der Waals surface area contributed by atoms with Gasteiger partial charge in [-0.2, -0.15) is 4.74 Å². The van der Waals surface area contributed by atoms with Gasteiger partial charge in [0.25, 0.3) is 11.5 Å². The van der Waals surface area contributed by atoms with E-state index in [1.165, 1.54) is 0 Å². The highest BCUT2D eigenvalue weighted by Crippen LogP contribution is 2.32. The Balaban J connectivity index is 2.03. The Hall–Kier alpha value is -2.94. The fourth-order valence-corrected chi connectivity index (χ4v) is 3.11. The maximum Gasteiger partial charge on any atom is 0.273 e. The van der Waals surface area contributed by atoms with E-state index in [2.05, 4.69) is 0 Å². The number of hydrogen-bond donors (Lipinski definition) is 0. The van der Waals surface area contributed by atoms with Crippen LogP contribution >= 0.6 is 0 Å². The standard InChI is InChI=1S/C19H13NO2/c1-12-6-4-11-16-17(12)19(21)18(20(16)22)15-10-5-8-13-7-2-3-9-14(13)15/h2-11H,1H3. The molecule has 0 saturated heterocycles. The van der Waals surface area contributed by atoms with Crippen molar-refractivity contribution >= 4 is 28.0 Å². The van der Waals surface area contributed by atoms with Gasteiger partial charge in [-0.1, -0.05) is 48.5 Å². The van der Waals surface area contributed by atoms with E-state index in [0.29, 0.717) is 16.8 Å². The van der Waals surface area contributed by atoms with Crippen molar-refractivity contribution in [1.82, 2.24) is 0 Å². The normalized spacial score (nSPS) is 13.8. The Morgan fingerprint density at radius 1 is 0.909 bits per heavy atom. The van der Waals surface area contributed by atoms with Crippen molar-refractivity contribution < 1.29 is 9.53 Å². The summed E-state index contributed by atoms with van der Waals surface area (Å²) in [4.78, 5) is 12.8. The quantitative estimate of drug-likeness (QED) is 0.502. The van der Waals surface area contributed by atoms with Crippen molar-refractivity contribution in [1.29, 1.82) is 0 Å². The number of hydrogen-bond acceptors (Lipinski definition) is 2. The van der Waals surface area contributed by atoms with Gasteiger partial charge in [0.05, 0.1) is 5.56 Å². The van der Waals surface area contributed by atoms with E-state index in [9.17, 15) is 10.0 Å². The molecule has 0 aliphatic carbocycles. The number of rotatable bonds is 1. The molecule has 0 spiro atoms. The van der Waals surface area contributed by atoms with Gasteiger partial charge in [0.1, 0.15) is 5.56 Å². The van der Waals surface area contributed by atoms with Crippen LogP contribution < -0.4 is 0 Å². The molecule has 106 valence electrons. The Morgan fingerprint density at radius 3 is 2.45 bits per heavy atom. The van der Waals surface area contributed by atoms with Gasteiger partial charge in [0.2, 0.25) is 5.69 Å². The van der Waals surface area contributed by atoms with Gasteiger partial charge >= 0.3 is 0 Å². The Bertz CT molecular complexity index is 965. The summed E-state index contributed by atoms with van der Waals surface area (Å²) in [7, 11) is 0. The number of carbonyl (C=O) groups excluding carboxylic acids is 1. The zero-order valence-corrected chi connectivity index (χ0v) is 12.0. The maximum absolute atomic E-state index is 12.8. The summed E-state index contributed by atoms with van der Waals surface area (Å²) in [5, 5.41) is 14.6. The SMILES string of the molecule is Cc1cccc2c1C(=O)C(c1cccc3ccccc13)=[N+]2[O-]. The first-order valence-corrected chi connectivity index (χ1v) is 7.15. The third kappa shape index (κ3) is 1.62. The lowest BCUT2D eigenvalue weighted by molar-refractivity contribution is -0.355. The average Bonchev–Trinajstić information content (AvgIpc) is 2.79. The van der Waals surface area contributed by atoms with E-state index in [-0.39, 0.29) is 11.5 Å². The third-order valence-corrected chi connectivity index (χ3v) is 4.16. The monoisotopic (exact) mass is 287 g/mol. The van der Waals surface area contributed by atoms with Crippen LogP contribution in [0.3, 0.4) is 0 Å². The minimum Gasteiger partial charge on any atom is -0.618 e. The van der Waals surface area contributed by atoms with Gasteiger partial charge in [0, 0.05) is 6.07 Å². The highest BCUT2D eigenvalue weighted by molar-refractivity contribution is 6.53. The second-order valence-corrected chi connectivity index (χ2v) is 5.47. The predicted octanol–water partition coefficient (Wildman–Crippen LogP) is 3.98. The molecule has 0 amide bonds. The topological polar surface area (TPSA) is 43.1 Å². The number of nitrogens with zero attached hydrogens (tertiary/aromatic N) is 1. The lowest BCUT2D eigenvalue weighted by atomic mass is 9.96. The van der Waals surface area contributed by atoms with E-state index >= 15 is 0 Å². The van der Waals surface area contributed by atoms with Crippen molar-refractivity contribution in [2.75, 3.05) is 0 Å². The average molecular weight is 287 g/mol. The zero-order chi connectivity index (χ0) is 15.3. The van der Waals surface area contributed by atoms with E-state index in [0.717, 1.165) is 21.1 Å². The maximum atomic E-state index is 12.8. The van der Waals surface area contributed by atoms with Crippen LogP contribution in [0, 0.1) is 12.1 Å². The molecule has 1 aliphatic heterocycles. The highest BCUT2D eigenvalue weighted by Gasteiger charge is 2.38. The van der Waals surface area contributed by atoms with Crippen LogP contribution in [0.25, 0.3) is 10.8 Å². The highest BCUT2D eigenvalue weighted by atomic mass is 16.5. The molecule has 3 nitrogen and oxygen atoms in total. The minimum absolute atomic E-state index is 0.195. The summed E-state index contributed by atoms with van der Waals surface area (Å²) in [5.74, 6) is -0.195. The van der Waals surface area contributed by atoms with E-state index < -0.39 is 0 Å². The first kappa shape index (κ1) is 12.8. The lowest BCUT2D eigenvalue weighted by Crippen LogP contribution is -2.17. The fourth-order valence-electron chi connectivity index (χ4n) is 3.11. The van der Waals surface area contributed by atoms with Gasteiger partial charge < -0.3 is 5.21 Å². The molecule has 0 atom stereocenters. The van der Waals surface area contributed by atoms with Crippen molar-refractivity contribution in [3.63, 3.8) is 0 Å². The first-order chi connectivity index (χ1) is 10.7. The molecule has 1 heterocycles. The lowest BCUT2D eigenvalue weighted by Gasteiger charge is -2.05. The third-order valence-electron chi connectivity index (χ3n) is 4.16. The molecule has 22 heavy (non-hydrogen) atoms. The summed E-state index contributed by atoms with van der Waals surface area (Å²) < 4.78 is 0.770. The molecular weight excluding hydrogens is 274 g/mol. The Labute approximate surface area is 127 Å². The van der Waals surface area contributed by atoms with Crippen LogP contribution in [-0.2, 0) is 0 Å². The Kier molecular flexibility index (Phi) is 2.63. The number of benzene rings is 3. The number of ketones is 1. The zero-order valence-electron chi connectivity index (χ0n) is 12.0. The molecule has 4 rings (SSSR count). The number of Topliss-reactive ketones (excluding diaryl/α,β-unsaturated/α-hetero) is 1. The summed E-state index contributed by atoms with van der Waals surface area (Å²) >= 11 is 0. The summed E-state index contributed by atoms with van der Waals surface area (Å²) in [6.45, 7) is 1.86. The molecule has 0 aromatic heterocycles. The van der Waals surface area contributed by atoms with Crippen molar-refractivity contribution in [3.8, 4) is 0 Å². The second kappa shape index (κ2) is 4.53. The Morgan fingerprint density at radius 2 is 1.64 bits per heavy atom. The molecule has 0 unspecified atom stereocenters. The number of carbonyl (C=O) groups is 1. The predicted molar refractivity (Wildman–Crippen MR) is 86.9 cm³/mol. The van der Waals surface area contributed by atoms with E-state index in [1.807, 2.05) is 55.5 Å². The molecule has 0 N–H and O–H groups in total. The summed E-state index contributed by atoms with van der Waals surface area (Å²) in [6, 6.07) is 18.8. The first-order valence-electron chi connectivity index (χ1n) is 7.15. The van der Waals surface area contributed by atoms with E-state index in [1.54, 1.807) is 12.1 Å². The molecule has 3 heteroatoms. The molecule has 3 aromatic rings. The van der Waals surface area contributed by atoms with Crippen molar-refractivity contribution in [2.24, 2.45) is 0 Å². The van der Waals surface area contributed by atoms with Gasteiger partial charge in [-0.3, -0.25) is 4.79 Å². The van der Waals surface area contributed by atoms with Crippen LogP contribution in [0.1, 0.15) is 21.5 Å². The largest absolute Gasteiger partial charge is 0.618 e. The summed E-state index contributed by atoms with van der Waals surface area (Å²) in [6.07, 6.45) is 0. The van der Waals surface area contributed by atoms with Crippen LogP contribution in [0.2, 0.25) is 0 Å². The molecule has 0 radical (unpaired) electrons. The van der Waals surface area contributed by atoms with Crippen LogP contribution in [0.5, 0.6) is 0 Å². The summed E-state index contributed by atoms with van der Waals surface area (Å²) in [5.41, 5.74) is 2.68. The van der Waals surface area contributed by atoms with E-state index in [4.69, 9.17) is 0 Å². The van der Waals surface area contributed by atoms with Crippen LogP contribution in [-0.4, -0.2) is 16.2 Å². The van der Waals surface area contributed by atoms with Crippen LogP contribution in [0.4, 0.5) is 5.69 Å². The van der Waals surface area contributed by atoms with Gasteiger partial charge in [-0.15, -0.1) is 0 Å². The molecule has 3 aromatic carbocycles. The van der Waals surface area contributed by atoms with Crippen molar-refractivity contribution in [2.45, 2.75) is 6.92 Å².